The summed E-state index contributed by atoms with van der Waals surface area (Å²) in [6.45, 7) is 1.47. The molecule has 18 heavy (non-hydrogen) atoms. The fraction of sp³-hybridized carbons (Fsp3) is 0.0714. The lowest BCUT2D eigenvalue weighted by atomic mass is 9.97. The zero-order valence-electron chi connectivity index (χ0n) is 9.51. The molecule has 92 valence electrons. The molecule has 0 saturated heterocycles. The minimum atomic E-state index is -0.827. The summed E-state index contributed by atoms with van der Waals surface area (Å²) in [6, 6.07) is 5.59. The number of hydrogen-bond donors (Lipinski definition) is 0. The summed E-state index contributed by atoms with van der Waals surface area (Å²) < 4.78 is 40.8. The maximum Gasteiger partial charge on any atom is 0.150 e. The largest absolute Gasteiger partial charge is 0.298 e. The zero-order valence-corrected chi connectivity index (χ0v) is 9.51. The van der Waals surface area contributed by atoms with E-state index in [0.29, 0.717) is 6.29 Å². The van der Waals surface area contributed by atoms with Gasteiger partial charge in [0.05, 0.1) is 5.56 Å². The molecule has 0 amide bonds. The van der Waals surface area contributed by atoms with E-state index in [2.05, 4.69) is 0 Å². The number of benzene rings is 2. The number of hydrogen-bond acceptors (Lipinski definition) is 1. The van der Waals surface area contributed by atoms with Crippen molar-refractivity contribution in [3.05, 3.63) is 58.9 Å². The van der Waals surface area contributed by atoms with Crippen molar-refractivity contribution in [2.45, 2.75) is 6.92 Å². The summed E-state index contributed by atoms with van der Waals surface area (Å²) in [5.74, 6) is -2.27. The van der Waals surface area contributed by atoms with Crippen LogP contribution in [-0.4, -0.2) is 6.29 Å². The van der Waals surface area contributed by atoms with Crippen LogP contribution >= 0.6 is 0 Å². The minimum absolute atomic E-state index is 0.0415. The first-order valence-corrected chi connectivity index (χ1v) is 5.24. The second-order valence-electron chi connectivity index (χ2n) is 3.90. The van der Waals surface area contributed by atoms with Crippen LogP contribution in [0.2, 0.25) is 0 Å². The number of aldehydes is 1. The Labute approximate surface area is 102 Å². The SMILES string of the molecule is Cc1ccc(F)c(-c2cc(F)ccc2C=O)c1F. The average Bonchev–Trinajstić information content (AvgIpc) is 2.35. The Bertz CT molecular complexity index is 621. The molecular weight excluding hydrogens is 241 g/mol. The Morgan fingerprint density at radius 2 is 1.78 bits per heavy atom. The molecule has 0 aliphatic carbocycles. The van der Waals surface area contributed by atoms with Gasteiger partial charge >= 0.3 is 0 Å². The quantitative estimate of drug-likeness (QED) is 0.739. The van der Waals surface area contributed by atoms with E-state index in [4.69, 9.17) is 0 Å². The van der Waals surface area contributed by atoms with Crippen molar-refractivity contribution in [3.63, 3.8) is 0 Å². The van der Waals surface area contributed by atoms with Gasteiger partial charge in [0.2, 0.25) is 0 Å². The molecule has 0 aromatic heterocycles. The van der Waals surface area contributed by atoms with E-state index in [1.165, 1.54) is 19.1 Å². The molecule has 2 aromatic rings. The average molecular weight is 250 g/mol. The third-order valence-corrected chi connectivity index (χ3v) is 2.70. The number of aryl methyl sites for hydroxylation is 1. The molecule has 2 aromatic carbocycles. The van der Waals surface area contributed by atoms with Gasteiger partial charge in [-0.3, -0.25) is 4.79 Å². The molecule has 2 rings (SSSR count). The molecule has 1 nitrogen and oxygen atoms in total. The van der Waals surface area contributed by atoms with E-state index in [-0.39, 0.29) is 22.3 Å². The lowest BCUT2D eigenvalue weighted by molar-refractivity contribution is 0.112. The first-order valence-electron chi connectivity index (χ1n) is 5.24. The zero-order chi connectivity index (χ0) is 13.3. The number of rotatable bonds is 2. The van der Waals surface area contributed by atoms with E-state index >= 15 is 0 Å². The van der Waals surface area contributed by atoms with Crippen molar-refractivity contribution in [1.82, 2.24) is 0 Å². The third-order valence-electron chi connectivity index (χ3n) is 2.70. The summed E-state index contributed by atoms with van der Waals surface area (Å²) in [5.41, 5.74) is -0.187. The molecule has 0 aliphatic heterocycles. The first kappa shape index (κ1) is 12.4. The molecule has 0 unspecified atom stereocenters. The minimum Gasteiger partial charge on any atom is -0.298 e. The highest BCUT2D eigenvalue weighted by Crippen LogP contribution is 2.30. The van der Waals surface area contributed by atoms with Gasteiger partial charge in [0.15, 0.2) is 6.29 Å². The van der Waals surface area contributed by atoms with Gasteiger partial charge in [-0.2, -0.15) is 0 Å². The molecule has 4 heteroatoms. The van der Waals surface area contributed by atoms with Crippen LogP contribution in [0.25, 0.3) is 11.1 Å². The van der Waals surface area contributed by atoms with Crippen LogP contribution in [0.4, 0.5) is 13.2 Å². The van der Waals surface area contributed by atoms with Gasteiger partial charge < -0.3 is 0 Å². The molecule has 0 aliphatic rings. The molecule has 0 saturated carbocycles. The predicted octanol–water partition coefficient (Wildman–Crippen LogP) is 3.89. The maximum absolute atomic E-state index is 13.9. The molecule has 0 atom stereocenters. The monoisotopic (exact) mass is 250 g/mol. The fourth-order valence-corrected chi connectivity index (χ4v) is 1.75. The van der Waals surface area contributed by atoms with Crippen LogP contribution in [0.3, 0.4) is 0 Å². The molecular formula is C14H9F3O. The van der Waals surface area contributed by atoms with E-state index in [9.17, 15) is 18.0 Å². The number of halogens is 3. The highest BCUT2D eigenvalue weighted by molar-refractivity contribution is 5.88. The molecule has 0 bridgehead atoms. The molecule has 0 fully saturated rings. The van der Waals surface area contributed by atoms with E-state index in [1.54, 1.807) is 0 Å². The van der Waals surface area contributed by atoms with Gasteiger partial charge in [-0.25, -0.2) is 13.2 Å². The highest BCUT2D eigenvalue weighted by Gasteiger charge is 2.17. The summed E-state index contributed by atoms with van der Waals surface area (Å²) in [4.78, 5) is 10.9. The smallest absolute Gasteiger partial charge is 0.150 e. The summed E-state index contributed by atoms with van der Waals surface area (Å²) >= 11 is 0. The van der Waals surface area contributed by atoms with E-state index in [0.717, 1.165) is 18.2 Å². The molecule has 0 radical (unpaired) electrons. The summed E-state index contributed by atoms with van der Waals surface area (Å²) in [7, 11) is 0. The van der Waals surface area contributed by atoms with Crippen molar-refractivity contribution in [2.75, 3.05) is 0 Å². The summed E-state index contributed by atoms with van der Waals surface area (Å²) in [5, 5.41) is 0. The van der Waals surface area contributed by atoms with Gasteiger partial charge in [0, 0.05) is 11.1 Å². The predicted molar refractivity (Wildman–Crippen MR) is 61.9 cm³/mol. The Morgan fingerprint density at radius 3 is 2.44 bits per heavy atom. The van der Waals surface area contributed by atoms with Gasteiger partial charge in [-0.1, -0.05) is 6.07 Å². The van der Waals surface area contributed by atoms with Gasteiger partial charge in [-0.05, 0) is 36.8 Å². The second kappa shape index (κ2) is 4.64. The van der Waals surface area contributed by atoms with Crippen LogP contribution in [0.15, 0.2) is 30.3 Å². The van der Waals surface area contributed by atoms with Crippen LogP contribution in [-0.2, 0) is 0 Å². The van der Waals surface area contributed by atoms with Crippen molar-refractivity contribution in [3.8, 4) is 11.1 Å². The van der Waals surface area contributed by atoms with Crippen molar-refractivity contribution in [2.24, 2.45) is 0 Å². The lowest BCUT2D eigenvalue weighted by Crippen LogP contribution is -1.97. The van der Waals surface area contributed by atoms with E-state index in [1.807, 2.05) is 0 Å². The number of carbonyl (C=O) groups excluding carboxylic acids is 1. The van der Waals surface area contributed by atoms with E-state index < -0.39 is 17.5 Å². The number of carbonyl (C=O) groups is 1. The Balaban J connectivity index is 2.80. The van der Waals surface area contributed by atoms with Crippen LogP contribution in [0, 0.1) is 24.4 Å². The molecule has 0 heterocycles. The first-order chi connectivity index (χ1) is 8.54. The Kier molecular flexibility index (Phi) is 3.19. The van der Waals surface area contributed by atoms with Crippen LogP contribution in [0.1, 0.15) is 15.9 Å². The third kappa shape index (κ3) is 2.01. The van der Waals surface area contributed by atoms with Gasteiger partial charge in [0.1, 0.15) is 17.5 Å². The topological polar surface area (TPSA) is 17.1 Å². The highest BCUT2D eigenvalue weighted by atomic mass is 19.1. The van der Waals surface area contributed by atoms with Crippen molar-refractivity contribution < 1.29 is 18.0 Å². The summed E-state index contributed by atoms with van der Waals surface area (Å²) in [6.07, 6.45) is 0.440. The van der Waals surface area contributed by atoms with Crippen LogP contribution < -0.4 is 0 Å². The van der Waals surface area contributed by atoms with Crippen molar-refractivity contribution >= 4 is 6.29 Å². The standard InChI is InChI=1S/C14H9F3O/c1-8-2-5-12(16)13(14(8)17)11-6-10(15)4-3-9(11)7-18/h2-7H,1H3. The van der Waals surface area contributed by atoms with Gasteiger partial charge in [-0.15, -0.1) is 0 Å². The van der Waals surface area contributed by atoms with Crippen LogP contribution in [0.5, 0.6) is 0 Å². The van der Waals surface area contributed by atoms with Gasteiger partial charge in [0.25, 0.3) is 0 Å². The molecule has 0 spiro atoms. The Morgan fingerprint density at radius 1 is 1.06 bits per heavy atom. The van der Waals surface area contributed by atoms with Crippen molar-refractivity contribution in [1.29, 1.82) is 0 Å². The Hall–Kier alpha value is -2.10. The normalized spacial score (nSPS) is 10.4. The maximum atomic E-state index is 13.9. The fourth-order valence-electron chi connectivity index (χ4n) is 1.75. The lowest BCUT2D eigenvalue weighted by Gasteiger charge is -2.09. The molecule has 0 N–H and O–H groups in total. The second-order valence-corrected chi connectivity index (χ2v) is 3.90.